The highest BCUT2D eigenvalue weighted by molar-refractivity contribution is 6.01. The Hall–Kier alpha value is -2.64. The highest BCUT2D eigenvalue weighted by Gasteiger charge is 2.31. The molecule has 1 N–H and O–H groups in total. The van der Waals surface area contributed by atoms with Crippen LogP contribution in [0.25, 0.3) is 0 Å². The van der Waals surface area contributed by atoms with Crippen LogP contribution in [-0.4, -0.2) is 20.6 Å². The number of furan rings is 1. The van der Waals surface area contributed by atoms with Gasteiger partial charge in [-0.25, -0.2) is 4.68 Å². The first-order valence-electron chi connectivity index (χ1n) is 6.65. The van der Waals surface area contributed by atoms with E-state index in [1.807, 2.05) is 0 Å². The summed E-state index contributed by atoms with van der Waals surface area (Å²) in [6, 6.07) is 4.33. The van der Waals surface area contributed by atoms with Crippen molar-refractivity contribution in [3.8, 4) is 0 Å². The molecule has 0 saturated heterocycles. The maximum Gasteiger partial charge on any atom is 0.433 e. The number of hydrogen-bond acceptors (Lipinski definition) is 5. The molecule has 1 amide bonds. The largest absolute Gasteiger partial charge is 0.433 e. The minimum atomic E-state index is -0.684. The van der Waals surface area contributed by atoms with Gasteiger partial charge in [0, 0.05) is 6.07 Å². The van der Waals surface area contributed by atoms with Crippen LogP contribution < -0.4 is 5.32 Å². The van der Waals surface area contributed by atoms with Crippen LogP contribution >= 0.6 is 0 Å². The van der Waals surface area contributed by atoms with Crippen molar-refractivity contribution in [1.82, 2.24) is 9.78 Å². The molecule has 21 heavy (non-hydrogen) atoms. The molecule has 2 aromatic rings. The Bertz CT molecular complexity index is 686. The second-order valence-corrected chi connectivity index (χ2v) is 5.09. The van der Waals surface area contributed by atoms with Gasteiger partial charge in [0.2, 0.25) is 0 Å². The van der Waals surface area contributed by atoms with Crippen LogP contribution in [0.2, 0.25) is 0 Å². The minimum Gasteiger partial charge on any atom is -0.395 e. The maximum absolute atomic E-state index is 12.0. The molecule has 1 atom stereocenters. The van der Waals surface area contributed by atoms with Gasteiger partial charge in [-0.05, 0) is 31.7 Å². The zero-order chi connectivity index (χ0) is 15.0. The van der Waals surface area contributed by atoms with Crippen LogP contribution in [0.5, 0.6) is 0 Å². The minimum absolute atomic E-state index is 0.103. The number of carbonyl (C=O) groups excluding carboxylic acids is 1. The van der Waals surface area contributed by atoms with E-state index in [-0.39, 0.29) is 11.8 Å². The molecule has 1 aliphatic rings. The molecule has 2 aromatic heterocycles. The summed E-state index contributed by atoms with van der Waals surface area (Å²) in [6.45, 7) is 2.05. The van der Waals surface area contributed by atoms with E-state index in [1.165, 1.54) is 18.9 Å². The summed E-state index contributed by atoms with van der Waals surface area (Å²) in [5, 5.41) is 17.4. The molecule has 0 aromatic carbocycles. The highest BCUT2D eigenvalue weighted by atomic mass is 16.6. The van der Waals surface area contributed by atoms with E-state index < -0.39 is 16.7 Å². The van der Waals surface area contributed by atoms with Crippen LogP contribution in [0.15, 0.2) is 28.8 Å². The van der Waals surface area contributed by atoms with Gasteiger partial charge < -0.3 is 9.73 Å². The molecule has 0 spiro atoms. The van der Waals surface area contributed by atoms with Gasteiger partial charge in [-0.15, -0.1) is 0 Å². The number of carbonyl (C=O) groups is 1. The lowest BCUT2D eigenvalue weighted by molar-refractivity contribution is -0.402. The van der Waals surface area contributed by atoms with Crippen molar-refractivity contribution in [1.29, 1.82) is 0 Å². The molecular weight excluding hydrogens is 276 g/mol. The molecular formula is C13H14N4O4. The fourth-order valence-corrected chi connectivity index (χ4v) is 2.24. The van der Waals surface area contributed by atoms with Crippen LogP contribution in [0.3, 0.4) is 0 Å². The molecule has 8 nitrogen and oxygen atoms in total. The van der Waals surface area contributed by atoms with Crippen LogP contribution in [0.4, 0.5) is 11.7 Å². The number of aromatic nitrogens is 2. The van der Waals surface area contributed by atoms with Gasteiger partial charge in [0.1, 0.15) is 10.7 Å². The molecule has 2 heterocycles. The van der Waals surface area contributed by atoms with Gasteiger partial charge in [-0.3, -0.25) is 14.9 Å². The smallest absolute Gasteiger partial charge is 0.395 e. The van der Waals surface area contributed by atoms with Gasteiger partial charge in [0.15, 0.2) is 5.76 Å². The highest BCUT2D eigenvalue weighted by Crippen LogP contribution is 2.40. The Morgan fingerprint density at radius 3 is 2.90 bits per heavy atom. The normalized spacial score (nSPS) is 15.7. The lowest BCUT2D eigenvalue weighted by Gasteiger charge is -2.14. The fourth-order valence-electron chi connectivity index (χ4n) is 2.24. The average Bonchev–Trinajstić information content (AvgIpc) is 3.00. The van der Waals surface area contributed by atoms with Crippen LogP contribution in [-0.2, 0) is 0 Å². The zero-order valence-electron chi connectivity index (χ0n) is 11.4. The van der Waals surface area contributed by atoms with Crippen molar-refractivity contribution in [2.75, 3.05) is 5.32 Å². The van der Waals surface area contributed by atoms with Crippen LogP contribution in [0.1, 0.15) is 36.4 Å². The molecule has 110 valence electrons. The predicted molar refractivity (Wildman–Crippen MR) is 73.0 cm³/mol. The van der Waals surface area contributed by atoms with E-state index in [2.05, 4.69) is 17.3 Å². The van der Waals surface area contributed by atoms with Gasteiger partial charge >= 0.3 is 5.88 Å². The van der Waals surface area contributed by atoms with E-state index in [9.17, 15) is 14.9 Å². The monoisotopic (exact) mass is 290 g/mol. The summed E-state index contributed by atoms with van der Waals surface area (Å²) < 4.78 is 6.63. The summed E-state index contributed by atoms with van der Waals surface area (Å²) >= 11 is 0. The SMILES string of the molecule is CC(C1CC1)n1nccc1NC(=O)c1ccc([N+](=O)[O-])o1. The van der Waals surface area contributed by atoms with Crippen LogP contribution in [0, 0.1) is 16.0 Å². The summed E-state index contributed by atoms with van der Waals surface area (Å²) in [6.07, 6.45) is 3.94. The van der Waals surface area contributed by atoms with Gasteiger partial charge in [0.05, 0.1) is 18.3 Å². The van der Waals surface area contributed by atoms with Crippen molar-refractivity contribution in [2.24, 2.45) is 5.92 Å². The first-order chi connectivity index (χ1) is 10.1. The second kappa shape index (κ2) is 5.04. The van der Waals surface area contributed by atoms with E-state index in [1.54, 1.807) is 16.9 Å². The fraction of sp³-hybridized carbons (Fsp3) is 0.385. The molecule has 1 unspecified atom stereocenters. The third kappa shape index (κ3) is 2.64. The number of nitrogens with one attached hydrogen (secondary N) is 1. The summed E-state index contributed by atoms with van der Waals surface area (Å²) in [4.78, 5) is 21.9. The van der Waals surface area contributed by atoms with Gasteiger partial charge in [-0.1, -0.05) is 0 Å². The number of anilines is 1. The lowest BCUT2D eigenvalue weighted by atomic mass is 10.2. The zero-order valence-corrected chi connectivity index (χ0v) is 11.4. The van der Waals surface area contributed by atoms with E-state index >= 15 is 0 Å². The lowest BCUT2D eigenvalue weighted by Crippen LogP contribution is -2.18. The van der Waals surface area contributed by atoms with Gasteiger partial charge in [0.25, 0.3) is 5.91 Å². The third-order valence-electron chi connectivity index (χ3n) is 3.60. The molecule has 0 radical (unpaired) electrons. The summed E-state index contributed by atoms with van der Waals surface area (Å²) in [7, 11) is 0. The van der Waals surface area contributed by atoms with Gasteiger partial charge in [-0.2, -0.15) is 5.10 Å². The Morgan fingerprint density at radius 2 is 2.29 bits per heavy atom. The number of nitrogens with zero attached hydrogens (tertiary/aromatic N) is 3. The third-order valence-corrected chi connectivity index (χ3v) is 3.60. The average molecular weight is 290 g/mol. The number of hydrogen-bond donors (Lipinski definition) is 1. The number of nitro groups is 1. The van der Waals surface area contributed by atoms with Crippen molar-refractivity contribution in [3.63, 3.8) is 0 Å². The molecule has 0 bridgehead atoms. The maximum atomic E-state index is 12.0. The van der Waals surface area contributed by atoms with Crippen molar-refractivity contribution in [3.05, 3.63) is 40.3 Å². The molecule has 1 aliphatic carbocycles. The first-order valence-corrected chi connectivity index (χ1v) is 6.65. The Morgan fingerprint density at radius 1 is 1.52 bits per heavy atom. The quantitative estimate of drug-likeness (QED) is 0.673. The van der Waals surface area contributed by atoms with E-state index in [0.717, 1.165) is 6.07 Å². The standard InChI is InChI=1S/C13H14N4O4/c1-8(9-2-3-9)16-11(6-7-14-16)15-13(18)10-4-5-12(21-10)17(19)20/h4-9H,2-3H2,1H3,(H,15,18). The van der Waals surface area contributed by atoms with E-state index in [4.69, 9.17) is 4.42 Å². The van der Waals surface area contributed by atoms with E-state index in [0.29, 0.717) is 11.7 Å². The van der Waals surface area contributed by atoms with Crippen molar-refractivity contribution < 1.29 is 14.1 Å². The molecule has 1 fully saturated rings. The molecule has 0 aliphatic heterocycles. The number of rotatable bonds is 5. The molecule has 8 heteroatoms. The Balaban J connectivity index is 1.75. The second-order valence-electron chi connectivity index (χ2n) is 5.09. The first kappa shape index (κ1) is 13.3. The predicted octanol–water partition coefficient (Wildman–Crippen LogP) is 2.61. The summed E-state index contributed by atoms with van der Waals surface area (Å²) in [5.41, 5.74) is 0. The Kier molecular flexibility index (Phi) is 3.20. The molecule has 1 saturated carbocycles. The topological polar surface area (TPSA) is 103 Å². The van der Waals surface area contributed by atoms with Crippen molar-refractivity contribution >= 4 is 17.6 Å². The number of amides is 1. The molecule has 3 rings (SSSR count). The van der Waals surface area contributed by atoms with Crippen molar-refractivity contribution in [2.45, 2.75) is 25.8 Å². The Labute approximate surface area is 119 Å². The summed E-state index contributed by atoms with van der Waals surface area (Å²) in [5.74, 6) is 0.0464.